The van der Waals surface area contributed by atoms with Crippen LogP contribution in [0.3, 0.4) is 0 Å². The molecule has 0 saturated carbocycles. The second-order valence-corrected chi connectivity index (χ2v) is 13.9. The van der Waals surface area contributed by atoms with Crippen LogP contribution >= 0.6 is 31.9 Å². The van der Waals surface area contributed by atoms with Gasteiger partial charge in [0.2, 0.25) is 0 Å². The number of piperidine rings is 2. The smallest absolute Gasteiger partial charge is 0.120 e. The number of aldehydes is 1. The molecule has 2 saturated heterocycles. The molecule has 2 aromatic rings. The molecule has 1 aromatic carbocycles. The van der Waals surface area contributed by atoms with E-state index in [4.69, 9.17) is 4.98 Å². The van der Waals surface area contributed by atoms with Crippen molar-refractivity contribution in [3.8, 4) is 12.8 Å². The largest absolute Gasteiger partial charge is 0.375 e. The summed E-state index contributed by atoms with van der Waals surface area (Å²) in [5.74, 6) is 1.70. The number of halogens is 2. The normalized spacial score (nSPS) is 19.2. The number of benzene rings is 1. The van der Waals surface area contributed by atoms with Gasteiger partial charge < -0.3 is 14.6 Å². The van der Waals surface area contributed by atoms with Crippen molar-refractivity contribution >= 4 is 38.1 Å². The van der Waals surface area contributed by atoms with E-state index in [0.717, 1.165) is 62.4 Å². The van der Waals surface area contributed by atoms with Crippen molar-refractivity contribution in [2.45, 2.75) is 84.0 Å². The lowest BCUT2D eigenvalue weighted by molar-refractivity contribution is -0.108. The number of aromatic nitrogens is 1. The van der Waals surface area contributed by atoms with Crippen LogP contribution in [0.5, 0.6) is 0 Å². The topological polar surface area (TPSA) is 36.4 Å². The van der Waals surface area contributed by atoms with Crippen molar-refractivity contribution < 1.29 is 4.79 Å². The number of carbonyl (C=O) groups is 1. The molecule has 0 spiro atoms. The summed E-state index contributed by atoms with van der Waals surface area (Å²) in [5.41, 5.74) is 8.35. The SMILES string of the molecule is C#C.C=C(CCCC)N1CCC(CC=O)CC1.Cc1cc(Br)c2c(c1)CCc1cc(Br)cnc1C2C1CCN(C)CC1. The van der Waals surface area contributed by atoms with Gasteiger partial charge in [-0.3, -0.25) is 4.98 Å². The average Bonchev–Trinajstić information content (AvgIpc) is 3.15. The average molecular weight is 700 g/mol. The third-order valence-electron chi connectivity index (χ3n) is 9.14. The number of fused-ring (bicyclic) bond motifs is 2. The van der Waals surface area contributed by atoms with Gasteiger partial charge in [-0.2, -0.15) is 0 Å². The second-order valence-electron chi connectivity index (χ2n) is 12.1. The number of carbonyl (C=O) groups excluding carboxylic acids is 1. The molecule has 1 atom stereocenters. The van der Waals surface area contributed by atoms with Crippen LogP contribution in [-0.4, -0.2) is 54.3 Å². The number of unbranched alkanes of at least 4 members (excludes halogenated alkanes) is 1. The molecular formula is C36H49Br2N3O. The van der Waals surface area contributed by atoms with Gasteiger partial charge >= 0.3 is 0 Å². The van der Waals surface area contributed by atoms with Gasteiger partial charge in [0.25, 0.3) is 0 Å². The number of rotatable bonds is 7. The van der Waals surface area contributed by atoms with Gasteiger partial charge in [0.05, 0.1) is 5.69 Å². The number of aryl methyl sites for hydroxylation is 3. The highest BCUT2D eigenvalue weighted by atomic mass is 79.9. The van der Waals surface area contributed by atoms with Crippen LogP contribution in [0, 0.1) is 31.6 Å². The molecule has 42 heavy (non-hydrogen) atoms. The molecule has 1 aliphatic carbocycles. The Labute approximate surface area is 272 Å². The van der Waals surface area contributed by atoms with E-state index in [2.05, 4.69) is 100 Å². The molecule has 2 fully saturated rings. The predicted octanol–water partition coefficient (Wildman–Crippen LogP) is 8.73. The van der Waals surface area contributed by atoms with Crippen LogP contribution in [0.1, 0.15) is 92.2 Å². The van der Waals surface area contributed by atoms with Crippen molar-refractivity contribution in [2.75, 3.05) is 33.2 Å². The lowest BCUT2D eigenvalue weighted by atomic mass is 9.76. The molecule has 4 nitrogen and oxygen atoms in total. The summed E-state index contributed by atoms with van der Waals surface area (Å²) in [6.45, 7) is 13.1. The Morgan fingerprint density at radius 2 is 1.71 bits per heavy atom. The molecule has 228 valence electrons. The molecular weight excluding hydrogens is 650 g/mol. The summed E-state index contributed by atoms with van der Waals surface area (Å²) < 4.78 is 2.36. The predicted molar refractivity (Wildman–Crippen MR) is 184 cm³/mol. The second kappa shape index (κ2) is 17.4. The van der Waals surface area contributed by atoms with E-state index in [1.165, 1.54) is 76.9 Å². The Morgan fingerprint density at radius 1 is 1.05 bits per heavy atom. The number of allylic oxidation sites excluding steroid dienone is 1. The maximum atomic E-state index is 10.4. The summed E-state index contributed by atoms with van der Waals surface area (Å²) in [5, 5.41) is 0. The lowest BCUT2D eigenvalue weighted by Gasteiger charge is -2.35. The van der Waals surface area contributed by atoms with Gasteiger partial charge in [0, 0.05) is 46.3 Å². The maximum absolute atomic E-state index is 10.4. The van der Waals surface area contributed by atoms with Crippen molar-refractivity contribution in [1.82, 2.24) is 14.8 Å². The van der Waals surface area contributed by atoms with Crippen LogP contribution in [0.4, 0.5) is 0 Å². The minimum absolute atomic E-state index is 0.407. The van der Waals surface area contributed by atoms with Gasteiger partial charge in [-0.1, -0.05) is 41.9 Å². The van der Waals surface area contributed by atoms with Crippen LogP contribution in [0.25, 0.3) is 0 Å². The fraction of sp³-hybridized carbons (Fsp3) is 0.556. The molecule has 6 heteroatoms. The molecule has 3 aliphatic rings. The fourth-order valence-corrected chi connectivity index (χ4v) is 7.98. The van der Waals surface area contributed by atoms with E-state index >= 15 is 0 Å². The molecule has 0 N–H and O–H groups in total. The molecule has 0 bridgehead atoms. The first-order valence-electron chi connectivity index (χ1n) is 15.6. The highest BCUT2D eigenvalue weighted by Gasteiger charge is 2.35. The first-order chi connectivity index (χ1) is 20.3. The Balaban J connectivity index is 0.000000245. The first kappa shape index (κ1) is 34.5. The maximum Gasteiger partial charge on any atom is 0.120 e. The Hall–Kier alpha value is -1.94. The van der Waals surface area contributed by atoms with Gasteiger partial charge in [0.15, 0.2) is 0 Å². The van der Waals surface area contributed by atoms with Crippen molar-refractivity contribution in [3.05, 3.63) is 73.6 Å². The number of terminal acetylenes is 1. The summed E-state index contributed by atoms with van der Waals surface area (Å²) in [4.78, 5) is 20.2. The minimum Gasteiger partial charge on any atom is -0.375 e. The van der Waals surface area contributed by atoms with Crippen molar-refractivity contribution in [2.24, 2.45) is 11.8 Å². The summed E-state index contributed by atoms with van der Waals surface area (Å²) >= 11 is 7.53. The monoisotopic (exact) mass is 697 g/mol. The zero-order valence-corrected chi connectivity index (χ0v) is 29.1. The zero-order valence-electron chi connectivity index (χ0n) is 25.9. The van der Waals surface area contributed by atoms with Gasteiger partial charge in [-0.25, -0.2) is 0 Å². The Bertz CT molecular complexity index is 1190. The zero-order chi connectivity index (χ0) is 30.6. The van der Waals surface area contributed by atoms with Crippen molar-refractivity contribution in [3.63, 3.8) is 0 Å². The molecule has 1 aromatic heterocycles. The van der Waals surface area contributed by atoms with Crippen LogP contribution < -0.4 is 0 Å². The van der Waals surface area contributed by atoms with Gasteiger partial charge in [-0.15, -0.1) is 12.8 Å². The van der Waals surface area contributed by atoms with E-state index < -0.39 is 0 Å². The summed E-state index contributed by atoms with van der Waals surface area (Å²) in [7, 11) is 2.24. The molecule has 5 rings (SSSR count). The van der Waals surface area contributed by atoms with E-state index in [-0.39, 0.29) is 0 Å². The number of hydrogen-bond acceptors (Lipinski definition) is 4. The number of pyridine rings is 1. The van der Waals surface area contributed by atoms with Gasteiger partial charge in [0.1, 0.15) is 6.29 Å². The number of nitrogens with zero attached hydrogens (tertiary/aromatic N) is 3. The van der Waals surface area contributed by atoms with Gasteiger partial charge in [-0.05, 0) is 141 Å². The van der Waals surface area contributed by atoms with E-state index in [0.29, 0.717) is 17.8 Å². The van der Waals surface area contributed by atoms with E-state index in [9.17, 15) is 4.79 Å². The number of likely N-dealkylation sites (tertiary alicyclic amines) is 2. The highest BCUT2D eigenvalue weighted by Crippen LogP contribution is 2.45. The summed E-state index contributed by atoms with van der Waals surface area (Å²) in [6, 6.07) is 6.96. The lowest BCUT2D eigenvalue weighted by Crippen LogP contribution is -2.33. The molecule has 0 radical (unpaired) electrons. The van der Waals surface area contributed by atoms with Crippen molar-refractivity contribution in [1.29, 1.82) is 0 Å². The van der Waals surface area contributed by atoms with Crippen LogP contribution in [0.15, 0.2) is 45.6 Å². The molecule has 0 amide bonds. The van der Waals surface area contributed by atoms with Crippen LogP contribution in [0.2, 0.25) is 0 Å². The molecule has 3 heterocycles. The molecule has 1 unspecified atom stereocenters. The third-order valence-corrected chi connectivity index (χ3v) is 10.2. The Kier molecular flexibility index (Phi) is 14.3. The Morgan fingerprint density at radius 3 is 2.36 bits per heavy atom. The fourth-order valence-electron chi connectivity index (χ4n) is 6.74. The number of hydrogen-bond donors (Lipinski definition) is 0. The van der Waals surface area contributed by atoms with E-state index in [1.807, 2.05) is 6.20 Å². The van der Waals surface area contributed by atoms with Crippen LogP contribution in [-0.2, 0) is 17.6 Å². The quantitative estimate of drug-likeness (QED) is 0.214. The molecule has 2 aliphatic heterocycles. The minimum atomic E-state index is 0.407. The highest BCUT2D eigenvalue weighted by molar-refractivity contribution is 9.10. The first-order valence-corrected chi connectivity index (χ1v) is 17.2. The van der Waals surface area contributed by atoms with E-state index in [1.54, 1.807) is 0 Å². The standard InChI is InChI=1S/C21H24Br2N2.C13H23NO.C2H2/c1-13-9-15-3-4-16-11-17(22)12-24-21(16)20(19(15)18(23)10-13)14-5-7-25(2)8-6-14;1-3-4-5-12(2)14-9-6-13(7-10-14)8-11-15;1-2/h9-12,14,20H,3-8H2,1-2H3;11,13H,2-10H2,1H3;1-2H. The summed E-state index contributed by atoms with van der Waals surface area (Å²) in [6.07, 6.45) is 22.4. The third kappa shape index (κ3) is 9.28.